The highest BCUT2D eigenvalue weighted by molar-refractivity contribution is 5.96. The van der Waals surface area contributed by atoms with E-state index in [0.29, 0.717) is 24.9 Å². The molecular formula is C30H35NO3. The maximum Gasteiger partial charge on any atom is 0.336 e. The molecule has 3 aromatic carbocycles. The summed E-state index contributed by atoms with van der Waals surface area (Å²) in [7, 11) is 0. The molecule has 3 rings (SSSR count). The Bertz CT molecular complexity index is 1070. The summed E-state index contributed by atoms with van der Waals surface area (Å²) in [4.78, 5) is 27.5. The quantitative estimate of drug-likeness (QED) is 0.319. The molecule has 0 saturated carbocycles. The molecule has 1 amide bonds. The molecule has 0 spiro atoms. The van der Waals surface area contributed by atoms with Crippen molar-refractivity contribution in [3.05, 3.63) is 95.6 Å². The predicted octanol–water partition coefficient (Wildman–Crippen LogP) is 6.98. The van der Waals surface area contributed by atoms with Gasteiger partial charge in [-0.3, -0.25) is 4.79 Å². The average molecular weight is 458 g/mol. The predicted molar refractivity (Wildman–Crippen MR) is 138 cm³/mol. The standard InChI is InChI=1S/C30H35NO3/c1-3-12-25(13-4-2)31(29(32)21-20-23-14-6-5-7-15-23)22-24-16-8-9-17-26(24)27-18-10-11-19-28(27)30(33)34/h5-11,14-19,25H,3-4,12-13,20-22H2,1-2H3,(H,33,34). The van der Waals surface area contributed by atoms with E-state index in [-0.39, 0.29) is 17.5 Å². The van der Waals surface area contributed by atoms with Gasteiger partial charge < -0.3 is 10.0 Å². The van der Waals surface area contributed by atoms with Crippen LogP contribution in [0.25, 0.3) is 11.1 Å². The Morgan fingerprint density at radius 3 is 2.03 bits per heavy atom. The molecule has 0 saturated heterocycles. The first-order valence-electron chi connectivity index (χ1n) is 12.3. The van der Waals surface area contributed by atoms with E-state index < -0.39 is 5.97 Å². The van der Waals surface area contributed by atoms with Gasteiger partial charge in [0.25, 0.3) is 0 Å². The number of hydrogen-bond donors (Lipinski definition) is 1. The van der Waals surface area contributed by atoms with Crippen molar-refractivity contribution in [1.82, 2.24) is 4.90 Å². The molecule has 0 fully saturated rings. The summed E-state index contributed by atoms with van der Waals surface area (Å²) in [6.45, 7) is 4.79. The highest BCUT2D eigenvalue weighted by atomic mass is 16.4. The minimum atomic E-state index is -0.948. The van der Waals surface area contributed by atoms with E-state index in [1.165, 1.54) is 0 Å². The summed E-state index contributed by atoms with van der Waals surface area (Å²) in [5.41, 5.74) is 3.96. The second-order valence-corrected chi connectivity index (χ2v) is 8.75. The van der Waals surface area contributed by atoms with Crippen molar-refractivity contribution < 1.29 is 14.7 Å². The van der Waals surface area contributed by atoms with Gasteiger partial charge in [-0.15, -0.1) is 0 Å². The molecule has 1 N–H and O–H groups in total. The third-order valence-electron chi connectivity index (χ3n) is 6.28. The maximum absolute atomic E-state index is 13.6. The molecule has 0 aliphatic carbocycles. The van der Waals surface area contributed by atoms with Crippen LogP contribution in [0, 0.1) is 0 Å². The maximum atomic E-state index is 13.6. The number of carboxylic acids is 1. The Morgan fingerprint density at radius 1 is 0.794 bits per heavy atom. The van der Waals surface area contributed by atoms with Crippen LogP contribution in [0.3, 0.4) is 0 Å². The molecule has 3 aromatic rings. The second-order valence-electron chi connectivity index (χ2n) is 8.75. The fourth-order valence-corrected chi connectivity index (χ4v) is 4.59. The number of benzene rings is 3. The molecule has 0 heterocycles. The number of rotatable bonds is 12. The highest BCUT2D eigenvalue weighted by Crippen LogP contribution is 2.30. The van der Waals surface area contributed by atoms with E-state index in [9.17, 15) is 14.7 Å². The lowest BCUT2D eigenvalue weighted by molar-refractivity contribution is -0.134. The average Bonchev–Trinajstić information content (AvgIpc) is 2.86. The van der Waals surface area contributed by atoms with Gasteiger partial charge in [-0.1, -0.05) is 99.5 Å². The van der Waals surface area contributed by atoms with Crippen LogP contribution >= 0.6 is 0 Å². The number of aryl methyl sites for hydroxylation is 1. The van der Waals surface area contributed by atoms with Crippen LogP contribution in [0.1, 0.15) is 67.4 Å². The Labute approximate surface area is 203 Å². The molecule has 0 bridgehead atoms. The highest BCUT2D eigenvalue weighted by Gasteiger charge is 2.24. The fraction of sp³-hybridized carbons (Fsp3) is 0.333. The number of carbonyl (C=O) groups excluding carboxylic acids is 1. The monoisotopic (exact) mass is 457 g/mol. The van der Waals surface area contributed by atoms with Crippen LogP contribution in [0.2, 0.25) is 0 Å². The van der Waals surface area contributed by atoms with E-state index in [1.807, 2.05) is 59.5 Å². The van der Waals surface area contributed by atoms with Gasteiger partial charge in [0.1, 0.15) is 0 Å². The van der Waals surface area contributed by atoms with E-state index >= 15 is 0 Å². The number of nitrogens with zero attached hydrogens (tertiary/aromatic N) is 1. The second kappa shape index (κ2) is 12.7. The Hall–Kier alpha value is -3.40. The number of aromatic carboxylic acids is 1. The molecule has 178 valence electrons. The molecular weight excluding hydrogens is 422 g/mol. The van der Waals surface area contributed by atoms with Crippen LogP contribution in [0.15, 0.2) is 78.9 Å². The number of hydrogen-bond acceptors (Lipinski definition) is 2. The number of amides is 1. The van der Waals surface area contributed by atoms with Crippen molar-refractivity contribution >= 4 is 11.9 Å². The van der Waals surface area contributed by atoms with Crippen LogP contribution in [0.5, 0.6) is 0 Å². The van der Waals surface area contributed by atoms with E-state index in [4.69, 9.17) is 0 Å². The Kier molecular flexibility index (Phi) is 9.45. The lowest BCUT2D eigenvalue weighted by Gasteiger charge is -2.33. The molecule has 0 aliphatic rings. The van der Waals surface area contributed by atoms with Gasteiger partial charge in [-0.05, 0) is 47.6 Å². The molecule has 34 heavy (non-hydrogen) atoms. The molecule has 0 radical (unpaired) electrons. The summed E-state index contributed by atoms with van der Waals surface area (Å²) < 4.78 is 0. The lowest BCUT2D eigenvalue weighted by atomic mass is 9.94. The summed E-state index contributed by atoms with van der Waals surface area (Å²) in [5, 5.41) is 9.73. The van der Waals surface area contributed by atoms with Crippen LogP contribution < -0.4 is 0 Å². The van der Waals surface area contributed by atoms with E-state index in [0.717, 1.165) is 42.4 Å². The van der Waals surface area contributed by atoms with Crippen molar-refractivity contribution in [3.63, 3.8) is 0 Å². The van der Waals surface area contributed by atoms with Gasteiger partial charge in [-0.25, -0.2) is 4.79 Å². The first-order chi connectivity index (χ1) is 16.5. The molecule has 0 atom stereocenters. The number of carbonyl (C=O) groups is 2. The zero-order valence-electron chi connectivity index (χ0n) is 20.2. The fourth-order valence-electron chi connectivity index (χ4n) is 4.59. The summed E-state index contributed by atoms with van der Waals surface area (Å²) >= 11 is 0. The Morgan fingerprint density at radius 2 is 1.38 bits per heavy atom. The first kappa shape index (κ1) is 25.2. The lowest BCUT2D eigenvalue weighted by Crippen LogP contribution is -2.40. The molecule has 0 aliphatic heterocycles. The molecule has 0 unspecified atom stereocenters. The van der Waals surface area contributed by atoms with Crippen LogP contribution in [-0.2, 0) is 17.8 Å². The van der Waals surface area contributed by atoms with Gasteiger partial charge in [0, 0.05) is 19.0 Å². The topological polar surface area (TPSA) is 57.6 Å². The Balaban J connectivity index is 1.94. The summed E-state index contributed by atoms with van der Waals surface area (Å²) in [6.07, 6.45) is 5.11. The van der Waals surface area contributed by atoms with Gasteiger partial charge in [-0.2, -0.15) is 0 Å². The largest absolute Gasteiger partial charge is 0.478 e. The third-order valence-corrected chi connectivity index (χ3v) is 6.28. The smallest absolute Gasteiger partial charge is 0.336 e. The van der Waals surface area contributed by atoms with Crippen molar-refractivity contribution in [3.8, 4) is 11.1 Å². The minimum Gasteiger partial charge on any atom is -0.478 e. The van der Waals surface area contributed by atoms with Crippen molar-refractivity contribution in [2.75, 3.05) is 0 Å². The molecule has 0 aromatic heterocycles. The van der Waals surface area contributed by atoms with Gasteiger partial charge >= 0.3 is 5.97 Å². The zero-order valence-corrected chi connectivity index (χ0v) is 20.2. The summed E-state index contributed by atoms with van der Waals surface area (Å²) in [5.74, 6) is -0.798. The summed E-state index contributed by atoms with van der Waals surface area (Å²) in [6, 6.07) is 25.2. The van der Waals surface area contributed by atoms with Crippen molar-refractivity contribution in [2.45, 2.75) is 65.0 Å². The van der Waals surface area contributed by atoms with Gasteiger partial charge in [0.05, 0.1) is 5.56 Å². The normalized spacial score (nSPS) is 10.9. The van der Waals surface area contributed by atoms with E-state index in [2.05, 4.69) is 26.0 Å². The van der Waals surface area contributed by atoms with Crippen molar-refractivity contribution in [1.29, 1.82) is 0 Å². The van der Waals surface area contributed by atoms with Crippen LogP contribution in [-0.4, -0.2) is 27.9 Å². The minimum absolute atomic E-state index is 0.150. The van der Waals surface area contributed by atoms with Crippen molar-refractivity contribution in [2.24, 2.45) is 0 Å². The van der Waals surface area contributed by atoms with E-state index in [1.54, 1.807) is 12.1 Å². The van der Waals surface area contributed by atoms with Gasteiger partial charge in [0.15, 0.2) is 0 Å². The first-order valence-corrected chi connectivity index (χ1v) is 12.3. The molecule has 4 heteroatoms. The zero-order chi connectivity index (χ0) is 24.3. The van der Waals surface area contributed by atoms with Gasteiger partial charge in [0.2, 0.25) is 5.91 Å². The molecule has 4 nitrogen and oxygen atoms in total. The number of carboxylic acid groups (broad SMARTS) is 1. The van der Waals surface area contributed by atoms with Crippen LogP contribution in [0.4, 0.5) is 0 Å². The SMILES string of the molecule is CCCC(CCC)N(Cc1ccccc1-c1ccccc1C(=O)O)C(=O)CCc1ccccc1. The third kappa shape index (κ3) is 6.57.